The third-order valence-corrected chi connectivity index (χ3v) is 5.42. The summed E-state index contributed by atoms with van der Waals surface area (Å²) in [6, 6.07) is 24.0. The fraction of sp³-hybridized carbons (Fsp3) is 0.0909. The predicted octanol–water partition coefficient (Wildman–Crippen LogP) is 4.75. The highest BCUT2D eigenvalue weighted by Gasteiger charge is 2.27. The summed E-state index contributed by atoms with van der Waals surface area (Å²) in [6.45, 7) is 2.17. The molecule has 5 heteroatoms. The van der Waals surface area contributed by atoms with Crippen molar-refractivity contribution >= 4 is 35.3 Å². The molecule has 0 aliphatic carbocycles. The number of rotatable bonds is 4. The first-order chi connectivity index (χ1) is 13.2. The minimum atomic E-state index is -0.0451. The monoisotopic (exact) mass is 373 g/mol. The van der Waals surface area contributed by atoms with E-state index in [0.717, 1.165) is 26.7 Å². The normalized spacial score (nSPS) is 12.6. The van der Waals surface area contributed by atoms with Crippen molar-refractivity contribution in [2.45, 2.75) is 16.7 Å². The molecule has 0 spiro atoms. The van der Waals surface area contributed by atoms with Gasteiger partial charge >= 0.3 is 0 Å². The molecule has 1 aliphatic rings. The average Bonchev–Trinajstić information content (AvgIpc) is 2.70. The van der Waals surface area contributed by atoms with Gasteiger partial charge in [-0.3, -0.25) is 9.69 Å². The van der Waals surface area contributed by atoms with Gasteiger partial charge in [-0.2, -0.15) is 5.10 Å². The number of para-hydroxylation sites is 2. The zero-order valence-electron chi connectivity index (χ0n) is 14.9. The maximum Gasteiger partial charge on any atom is 0.252 e. The Hall–Kier alpha value is -3.05. The second kappa shape index (κ2) is 7.68. The first kappa shape index (κ1) is 17.4. The lowest BCUT2D eigenvalue weighted by Crippen LogP contribution is -2.35. The van der Waals surface area contributed by atoms with Gasteiger partial charge in [0.15, 0.2) is 0 Å². The highest BCUT2D eigenvalue weighted by molar-refractivity contribution is 7.99. The summed E-state index contributed by atoms with van der Waals surface area (Å²) >= 11 is 1.69. The van der Waals surface area contributed by atoms with E-state index in [9.17, 15) is 4.79 Å². The highest BCUT2D eigenvalue weighted by atomic mass is 32.2. The SMILES string of the molecule is Cc1ccc(/C=N/NCC(=O)N2c3ccccc3Sc3ccccc32)cc1. The van der Waals surface area contributed by atoms with Gasteiger partial charge in [0.05, 0.1) is 17.6 Å². The number of nitrogens with zero attached hydrogens (tertiary/aromatic N) is 2. The molecule has 0 saturated heterocycles. The molecule has 4 nitrogen and oxygen atoms in total. The minimum absolute atomic E-state index is 0.0451. The average molecular weight is 373 g/mol. The van der Waals surface area contributed by atoms with Gasteiger partial charge in [-0.1, -0.05) is 65.9 Å². The lowest BCUT2D eigenvalue weighted by atomic mass is 10.2. The number of fused-ring (bicyclic) bond motifs is 2. The van der Waals surface area contributed by atoms with Crippen molar-refractivity contribution in [2.75, 3.05) is 11.4 Å². The van der Waals surface area contributed by atoms with E-state index >= 15 is 0 Å². The van der Waals surface area contributed by atoms with Crippen molar-refractivity contribution in [3.05, 3.63) is 83.9 Å². The number of hydrazone groups is 1. The highest BCUT2D eigenvalue weighted by Crippen LogP contribution is 2.47. The molecule has 0 bridgehead atoms. The molecule has 1 heterocycles. The molecular weight excluding hydrogens is 354 g/mol. The van der Waals surface area contributed by atoms with Crippen LogP contribution < -0.4 is 10.3 Å². The topological polar surface area (TPSA) is 44.7 Å². The summed E-state index contributed by atoms with van der Waals surface area (Å²) in [5.74, 6) is -0.0451. The predicted molar refractivity (Wildman–Crippen MR) is 111 cm³/mol. The van der Waals surface area contributed by atoms with Crippen LogP contribution in [0.2, 0.25) is 0 Å². The Balaban J connectivity index is 1.51. The van der Waals surface area contributed by atoms with Gasteiger partial charge < -0.3 is 5.43 Å². The van der Waals surface area contributed by atoms with E-state index < -0.39 is 0 Å². The van der Waals surface area contributed by atoms with Crippen LogP contribution in [0.1, 0.15) is 11.1 Å². The Morgan fingerprint density at radius 3 is 2.19 bits per heavy atom. The van der Waals surface area contributed by atoms with Gasteiger partial charge in [0.1, 0.15) is 6.54 Å². The van der Waals surface area contributed by atoms with Crippen LogP contribution in [-0.2, 0) is 4.79 Å². The van der Waals surface area contributed by atoms with Crippen LogP contribution in [0.15, 0.2) is 87.7 Å². The maximum absolute atomic E-state index is 13.0. The van der Waals surface area contributed by atoms with E-state index in [0.29, 0.717) is 0 Å². The Kier molecular flexibility index (Phi) is 4.94. The van der Waals surface area contributed by atoms with E-state index in [2.05, 4.69) is 10.5 Å². The lowest BCUT2D eigenvalue weighted by Gasteiger charge is -2.30. The maximum atomic E-state index is 13.0. The summed E-state index contributed by atoms with van der Waals surface area (Å²) in [6.07, 6.45) is 1.72. The third-order valence-electron chi connectivity index (χ3n) is 4.29. The summed E-state index contributed by atoms with van der Waals surface area (Å²) in [5.41, 5.74) is 6.90. The zero-order chi connectivity index (χ0) is 18.6. The summed E-state index contributed by atoms with van der Waals surface area (Å²) in [7, 11) is 0. The Bertz CT molecular complexity index is 953. The van der Waals surface area contributed by atoms with Gasteiger partial charge in [-0.05, 0) is 36.8 Å². The second-order valence-electron chi connectivity index (χ2n) is 6.27. The lowest BCUT2D eigenvalue weighted by molar-refractivity contribution is -0.117. The summed E-state index contributed by atoms with van der Waals surface area (Å²) in [4.78, 5) is 16.9. The van der Waals surface area contributed by atoms with Crippen molar-refractivity contribution in [2.24, 2.45) is 5.10 Å². The number of hydrogen-bond acceptors (Lipinski definition) is 4. The smallest absolute Gasteiger partial charge is 0.252 e. The van der Waals surface area contributed by atoms with E-state index in [4.69, 9.17) is 0 Å². The first-order valence-electron chi connectivity index (χ1n) is 8.74. The number of carbonyl (C=O) groups is 1. The molecule has 0 radical (unpaired) electrons. The molecule has 27 heavy (non-hydrogen) atoms. The number of amides is 1. The molecule has 0 unspecified atom stereocenters. The van der Waals surface area contributed by atoms with Crippen LogP contribution in [0, 0.1) is 6.92 Å². The molecule has 0 aromatic heterocycles. The number of benzene rings is 3. The largest absolute Gasteiger partial charge is 0.301 e. The van der Waals surface area contributed by atoms with Gasteiger partial charge in [-0.25, -0.2) is 0 Å². The van der Waals surface area contributed by atoms with Crippen LogP contribution >= 0.6 is 11.8 Å². The van der Waals surface area contributed by atoms with Crippen molar-refractivity contribution in [1.82, 2.24) is 5.43 Å². The zero-order valence-corrected chi connectivity index (χ0v) is 15.7. The fourth-order valence-electron chi connectivity index (χ4n) is 2.94. The number of hydrogen-bond donors (Lipinski definition) is 1. The molecule has 0 saturated carbocycles. The Morgan fingerprint density at radius 1 is 0.963 bits per heavy atom. The minimum Gasteiger partial charge on any atom is -0.301 e. The number of anilines is 2. The molecule has 0 fully saturated rings. The summed E-state index contributed by atoms with van der Waals surface area (Å²) < 4.78 is 0. The number of aryl methyl sites for hydroxylation is 1. The number of nitrogens with one attached hydrogen (secondary N) is 1. The molecule has 0 atom stereocenters. The van der Waals surface area contributed by atoms with Crippen LogP contribution in [0.25, 0.3) is 0 Å². The van der Waals surface area contributed by atoms with Crippen molar-refractivity contribution in [3.8, 4) is 0 Å². The molecular formula is C22H19N3OS. The second-order valence-corrected chi connectivity index (χ2v) is 7.35. The summed E-state index contributed by atoms with van der Waals surface area (Å²) in [5, 5.41) is 4.19. The van der Waals surface area contributed by atoms with E-state index in [1.54, 1.807) is 22.9 Å². The van der Waals surface area contributed by atoms with Gasteiger partial charge in [0.2, 0.25) is 0 Å². The Labute approximate surface area is 162 Å². The van der Waals surface area contributed by atoms with Crippen LogP contribution in [0.5, 0.6) is 0 Å². The fourth-order valence-corrected chi connectivity index (χ4v) is 4.00. The standard InChI is InChI=1S/C22H19N3OS/c1-16-10-12-17(13-11-16)14-23-24-15-22(26)25-18-6-2-4-8-20(18)27-21-9-5-3-7-19(21)25/h2-14,24H,15H2,1H3/b23-14+. The van der Waals surface area contributed by atoms with Crippen molar-refractivity contribution < 1.29 is 4.79 Å². The van der Waals surface area contributed by atoms with Crippen LogP contribution in [0.4, 0.5) is 11.4 Å². The van der Waals surface area contributed by atoms with Crippen molar-refractivity contribution in [1.29, 1.82) is 0 Å². The Morgan fingerprint density at radius 2 is 1.56 bits per heavy atom. The molecule has 3 aromatic rings. The van der Waals surface area contributed by atoms with Gasteiger partial charge in [0.25, 0.3) is 5.91 Å². The molecule has 134 valence electrons. The van der Waals surface area contributed by atoms with E-state index in [1.165, 1.54) is 5.56 Å². The van der Waals surface area contributed by atoms with Crippen LogP contribution in [-0.4, -0.2) is 18.7 Å². The molecule has 1 amide bonds. The van der Waals surface area contributed by atoms with E-state index in [1.807, 2.05) is 79.7 Å². The molecule has 3 aromatic carbocycles. The van der Waals surface area contributed by atoms with E-state index in [-0.39, 0.29) is 12.5 Å². The number of carbonyl (C=O) groups excluding carboxylic acids is 1. The van der Waals surface area contributed by atoms with Crippen molar-refractivity contribution in [3.63, 3.8) is 0 Å². The van der Waals surface area contributed by atoms with Gasteiger partial charge in [-0.15, -0.1) is 0 Å². The first-order valence-corrected chi connectivity index (χ1v) is 9.55. The molecule has 1 aliphatic heterocycles. The van der Waals surface area contributed by atoms with Gasteiger partial charge in [0, 0.05) is 9.79 Å². The third kappa shape index (κ3) is 3.73. The molecule has 1 N–H and O–H groups in total. The van der Waals surface area contributed by atoms with Crippen LogP contribution in [0.3, 0.4) is 0 Å². The quantitative estimate of drug-likeness (QED) is 0.530. The molecule has 4 rings (SSSR count).